The molecule has 2 aromatic rings. The molecule has 0 bridgehead atoms. The fourth-order valence-corrected chi connectivity index (χ4v) is 2.26. The molecule has 0 heterocycles. The number of para-hydroxylation sites is 2. The summed E-state index contributed by atoms with van der Waals surface area (Å²) in [7, 11) is 0. The van der Waals surface area contributed by atoms with E-state index in [9.17, 15) is 18.3 Å². The number of nitrogens with one attached hydrogen (secondary N) is 1. The quantitative estimate of drug-likeness (QED) is 0.794. The van der Waals surface area contributed by atoms with Gasteiger partial charge in [0.2, 0.25) is 0 Å². The van der Waals surface area contributed by atoms with E-state index in [1.54, 1.807) is 12.1 Å². The van der Waals surface area contributed by atoms with Crippen LogP contribution in [0.5, 0.6) is 5.75 Å². The number of benzene rings is 2. The molecule has 7 heteroatoms. The van der Waals surface area contributed by atoms with Crippen molar-refractivity contribution in [1.29, 1.82) is 0 Å². The lowest BCUT2D eigenvalue weighted by atomic mass is 10.1. The highest BCUT2D eigenvalue weighted by molar-refractivity contribution is 6.33. The van der Waals surface area contributed by atoms with E-state index in [0.29, 0.717) is 5.56 Å². The highest BCUT2D eigenvalue weighted by Crippen LogP contribution is 2.39. The Morgan fingerprint density at radius 3 is 2.29 bits per heavy atom. The van der Waals surface area contributed by atoms with Crippen LogP contribution in [-0.2, 0) is 12.7 Å². The lowest BCUT2D eigenvalue weighted by Crippen LogP contribution is -2.11. The minimum absolute atomic E-state index is 0.0425. The number of rotatable bonds is 3. The van der Waals surface area contributed by atoms with Gasteiger partial charge in [0, 0.05) is 12.1 Å². The number of hydrogen-bond donors (Lipinski definition) is 2. The van der Waals surface area contributed by atoms with Gasteiger partial charge in [-0.15, -0.1) is 0 Å². The summed E-state index contributed by atoms with van der Waals surface area (Å²) in [6.45, 7) is -0.0425. The minimum atomic E-state index is -4.52. The lowest BCUT2D eigenvalue weighted by Gasteiger charge is -2.16. The van der Waals surface area contributed by atoms with E-state index in [1.807, 2.05) is 0 Å². The molecule has 112 valence electrons. The molecule has 2 rings (SSSR count). The van der Waals surface area contributed by atoms with Crippen LogP contribution in [0.1, 0.15) is 11.1 Å². The Morgan fingerprint density at radius 1 is 1.00 bits per heavy atom. The molecule has 0 aliphatic heterocycles. The van der Waals surface area contributed by atoms with Crippen LogP contribution in [0.15, 0.2) is 36.4 Å². The molecule has 0 aliphatic carbocycles. The summed E-state index contributed by atoms with van der Waals surface area (Å²) in [4.78, 5) is 0. The molecule has 0 amide bonds. The third-order valence-corrected chi connectivity index (χ3v) is 3.46. The number of phenols is 1. The monoisotopic (exact) mass is 335 g/mol. The molecule has 0 radical (unpaired) electrons. The van der Waals surface area contributed by atoms with Crippen LogP contribution in [0.4, 0.5) is 18.9 Å². The fourth-order valence-electron chi connectivity index (χ4n) is 1.83. The number of alkyl halides is 3. The first-order valence-corrected chi connectivity index (χ1v) is 6.62. The average Bonchev–Trinajstić information content (AvgIpc) is 2.40. The summed E-state index contributed by atoms with van der Waals surface area (Å²) >= 11 is 11.6. The Labute approximate surface area is 129 Å². The highest BCUT2D eigenvalue weighted by Gasteiger charge is 2.34. The van der Waals surface area contributed by atoms with E-state index in [2.05, 4.69) is 5.32 Å². The maximum atomic E-state index is 12.9. The van der Waals surface area contributed by atoms with Crippen LogP contribution in [0.3, 0.4) is 0 Å². The molecule has 21 heavy (non-hydrogen) atoms. The molecule has 0 aliphatic rings. The van der Waals surface area contributed by atoms with Crippen LogP contribution in [-0.4, -0.2) is 5.11 Å². The first-order valence-electron chi connectivity index (χ1n) is 5.86. The van der Waals surface area contributed by atoms with Gasteiger partial charge in [0.05, 0.1) is 21.3 Å². The molecule has 2 aromatic carbocycles. The Balaban J connectivity index is 2.30. The molecule has 2 N–H and O–H groups in total. The first-order chi connectivity index (χ1) is 9.80. The van der Waals surface area contributed by atoms with Crippen molar-refractivity contribution < 1.29 is 18.3 Å². The topological polar surface area (TPSA) is 32.3 Å². The minimum Gasteiger partial charge on any atom is -0.506 e. The number of hydrogen-bond acceptors (Lipinski definition) is 2. The highest BCUT2D eigenvalue weighted by atomic mass is 35.5. The standard InChI is InChI=1S/C14H10Cl2F3NO/c15-10-5-2-4-9(14(17,18)19)12(10)20-7-8-3-1-6-11(16)13(8)21/h1-6,20-21H,7H2. The van der Waals surface area contributed by atoms with Gasteiger partial charge in [-0.1, -0.05) is 41.4 Å². The number of anilines is 1. The van der Waals surface area contributed by atoms with Crippen molar-refractivity contribution in [3.05, 3.63) is 57.6 Å². The molecule has 0 saturated heterocycles. The second-order valence-corrected chi connectivity index (χ2v) is 5.08. The molecular weight excluding hydrogens is 326 g/mol. The van der Waals surface area contributed by atoms with Crippen LogP contribution >= 0.6 is 23.2 Å². The second kappa shape index (κ2) is 6.03. The summed E-state index contributed by atoms with van der Waals surface area (Å²) in [6.07, 6.45) is -4.52. The Kier molecular flexibility index (Phi) is 4.54. The number of aromatic hydroxyl groups is 1. The first kappa shape index (κ1) is 15.8. The van der Waals surface area contributed by atoms with Crippen molar-refractivity contribution in [3.8, 4) is 5.75 Å². The Hall–Kier alpha value is -1.59. The predicted octanol–water partition coefficient (Wildman–Crippen LogP) is 5.33. The molecule has 0 unspecified atom stereocenters. The van der Waals surface area contributed by atoms with Crippen molar-refractivity contribution in [1.82, 2.24) is 0 Å². The smallest absolute Gasteiger partial charge is 0.418 e. The van der Waals surface area contributed by atoms with E-state index in [0.717, 1.165) is 6.07 Å². The van der Waals surface area contributed by atoms with E-state index < -0.39 is 11.7 Å². The van der Waals surface area contributed by atoms with Crippen molar-refractivity contribution in [3.63, 3.8) is 0 Å². The number of halogens is 5. The summed E-state index contributed by atoms with van der Waals surface area (Å²) in [5, 5.41) is 12.4. The van der Waals surface area contributed by atoms with Gasteiger partial charge in [-0.05, 0) is 18.2 Å². The van der Waals surface area contributed by atoms with Gasteiger partial charge in [-0.2, -0.15) is 13.2 Å². The van der Waals surface area contributed by atoms with Gasteiger partial charge in [-0.25, -0.2) is 0 Å². The Bertz CT molecular complexity index is 659. The largest absolute Gasteiger partial charge is 0.506 e. The zero-order valence-electron chi connectivity index (χ0n) is 10.5. The van der Waals surface area contributed by atoms with E-state index >= 15 is 0 Å². The third-order valence-electron chi connectivity index (χ3n) is 2.84. The zero-order chi connectivity index (χ0) is 15.6. The Morgan fingerprint density at radius 2 is 1.62 bits per heavy atom. The molecule has 0 aromatic heterocycles. The molecular formula is C14H10Cl2F3NO. The number of phenolic OH excluding ortho intramolecular Hbond substituents is 1. The summed E-state index contributed by atoms with van der Waals surface area (Å²) in [5.41, 5.74) is -0.724. The zero-order valence-corrected chi connectivity index (χ0v) is 12.0. The summed E-state index contributed by atoms with van der Waals surface area (Å²) in [5.74, 6) is -0.174. The second-order valence-electron chi connectivity index (χ2n) is 4.26. The van der Waals surface area contributed by atoms with E-state index in [1.165, 1.54) is 18.2 Å². The van der Waals surface area contributed by atoms with Crippen molar-refractivity contribution >= 4 is 28.9 Å². The lowest BCUT2D eigenvalue weighted by molar-refractivity contribution is -0.136. The summed E-state index contributed by atoms with van der Waals surface area (Å²) in [6, 6.07) is 8.15. The average molecular weight is 336 g/mol. The van der Waals surface area contributed by atoms with Crippen molar-refractivity contribution in [2.45, 2.75) is 12.7 Å². The molecule has 2 nitrogen and oxygen atoms in total. The van der Waals surface area contributed by atoms with E-state index in [-0.39, 0.29) is 28.0 Å². The molecule has 0 fully saturated rings. The molecule has 0 saturated carbocycles. The van der Waals surface area contributed by atoms with Crippen molar-refractivity contribution in [2.75, 3.05) is 5.32 Å². The van der Waals surface area contributed by atoms with Gasteiger partial charge in [-0.3, -0.25) is 0 Å². The van der Waals surface area contributed by atoms with Gasteiger partial charge in [0.15, 0.2) is 0 Å². The van der Waals surface area contributed by atoms with Crippen LogP contribution < -0.4 is 5.32 Å². The van der Waals surface area contributed by atoms with Crippen molar-refractivity contribution in [2.24, 2.45) is 0 Å². The van der Waals surface area contributed by atoms with Gasteiger partial charge in [0.1, 0.15) is 5.75 Å². The molecule has 0 atom stereocenters. The van der Waals surface area contributed by atoms with Gasteiger partial charge < -0.3 is 10.4 Å². The normalized spacial score (nSPS) is 11.5. The van der Waals surface area contributed by atoms with Crippen LogP contribution in [0.2, 0.25) is 10.0 Å². The predicted molar refractivity (Wildman–Crippen MR) is 76.9 cm³/mol. The third kappa shape index (κ3) is 3.54. The van der Waals surface area contributed by atoms with Crippen LogP contribution in [0.25, 0.3) is 0 Å². The van der Waals surface area contributed by atoms with E-state index in [4.69, 9.17) is 23.2 Å². The maximum absolute atomic E-state index is 12.9. The maximum Gasteiger partial charge on any atom is 0.418 e. The van der Waals surface area contributed by atoms with Crippen LogP contribution in [0, 0.1) is 0 Å². The van der Waals surface area contributed by atoms with Gasteiger partial charge >= 0.3 is 6.18 Å². The fraction of sp³-hybridized carbons (Fsp3) is 0.143. The molecule has 0 spiro atoms. The van der Waals surface area contributed by atoms with Gasteiger partial charge in [0.25, 0.3) is 0 Å². The summed E-state index contributed by atoms with van der Waals surface area (Å²) < 4.78 is 38.8. The SMILES string of the molecule is Oc1c(Cl)cccc1CNc1c(Cl)cccc1C(F)(F)F.